The van der Waals surface area contributed by atoms with Gasteiger partial charge in [-0.25, -0.2) is 4.79 Å². The second kappa shape index (κ2) is 5.69. The first-order valence-electron chi connectivity index (χ1n) is 7.47. The zero-order valence-electron chi connectivity index (χ0n) is 12.9. The van der Waals surface area contributed by atoms with Crippen molar-refractivity contribution < 1.29 is 13.9 Å². The maximum atomic E-state index is 12.0. The number of furan rings is 1. The molecule has 0 aliphatic carbocycles. The third-order valence-corrected chi connectivity index (χ3v) is 4.31. The van der Waals surface area contributed by atoms with E-state index in [2.05, 4.69) is 0 Å². The first kappa shape index (κ1) is 14.8. The molecule has 0 unspecified atom stereocenters. The van der Waals surface area contributed by atoms with Crippen LogP contribution in [-0.2, 0) is 4.74 Å². The molecule has 4 heteroatoms. The SMILES string of the molecule is COC(=O)c1ccc(Cl)cc1-c1ccc2c(c1)oc1ccccc12. The van der Waals surface area contributed by atoms with Crippen molar-refractivity contribution in [2.45, 2.75) is 0 Å². The Morgan fingerprint density at radius 3 is 2.58 bits per heavy atom. The van der Waals surface area contributed by atoms with Gasteiger partial charge in [0.05, 0.1) is 12.7 Å². The van der Waals surface area contributed by atoms with E-state index in [0.717, 1.165) is 33.1 Å². The Balaban J connectivity index is 1.95. The average Bonchev–Trinajstić information content (AvgIpc) is 2.98. The van der Waals surface area contributed by atoms with Crippen LogP contribution < -0.4 is 0 Å². The third kappa shape index (κ3) is 2.34. The number of hydrogen-bond donors (Lipinski definition) is 0. The Morgan fingerprint density at radius 2 is 1.75 bits per heavy atom. The van der Waals surface area contributed by atoms with Gasteiger partial charge < -0.3 is 9.15 Å². The van der Waals surface area contributed by atoms with E-state index in [4.69, 9.17) is 20.8 Å². The summed E-state index contributed by atoms with van der Waals surface area (Å²) in [5.74, 6) is -0.397. The monoisotopic (exact) mass is 336 g/mol. The van der Waals surface area contributed by atoms with Crippen molar-refractivity contribution in [2.24, 2.45) is 0 Å². The summed E-state index contributed by atoms with van der Waals surface area (Å²) in [5, 5.41) is 2.66. The topological polar surface area (TPSA) is 39.4 Å². The van der Waals surface area contributed by atoms with Crippen LogP contribution in [0.3, 0.4) is 0 Å². The highest BCUT2D eigenvalue weighted by Crippen LogP contribution is 2.34. The van der Waals surface area contributed by atoms with Gasteiger partial charge in [0.1, 0.15) is 11.2 Å². The summed E-state index contributed by atoms with van der Waals surface area (Å²) in [7, 11) is 1.36. The maximum absolute atomic E-state index is 12.0. The van der Waals surface area contributed by atoms with Gasteiger partial charge in [0.15, 0.2) is 0 Å². The fourth-order valence-corrected chi connectivity index (χ4v) is 3.11. The quantitative estimate of drug-likeness (QED) is 0.441. The fraction of sp³-hybridized carbons (Fsp3) is 0.0500. The molecule has 0 aliphatic rings. The number of halogens is 1. The molecule has 0 N–H and O–H groups in total. The lowest BCUT2D eigenvalue weighted by molar-refractivity contribution is 0.0601. The zero-order chi connectivity index (χ0) is 16.7. The van der Waals surface area contributed by atoms with Crippen molar-refractivity contribution in [3.63, 3.8) is 0 Å². The van der Waals surface area contributed by atoms with Crippen LogP contribution in [0.25, 0.3) is 33.1 Å². The number of hydrogen-bond acceptors (Lipinski definition) is 3. The maximum Gasteiger partial charge on any atom is 0.338 e. The fourth-order valence-electron chi connectivity index (χ4n) is 2.94. The summed E-state index contributed by atoms with van der Waals surface area (Å²) in [5.41, 5.74) is 3.65. The Hall–Kier alpha value is -2.78. The van der Waals surface area contributed by atoms with E-state index in [9.17, 15) is 4.79 Å². The van der Waals surface area contributed by atoms with Gasteiger partial charge in [-0.15, -0.1) is 0 Å². The zero-order valence-corrected chi connectivity index (χ0v) is 13.6. The third-order valence-electron chi connectivity index (χ3n) is 4.08. The lowest BCUT2D eigenvalue weighted by atomic mass is 9.98. The smallest absolute Gasteiger partial charge is 0.338 e. The molecule has 118 valence electrons. The van der Waals surface area contributed by atoms with Gasteiger partial charge in [0, 0.05) is 15.8 Å². The van der Waals surface area contributed by atoms with Gasteiger partial charge in [0.25, 0.3) is 0 Å². The number of carbonyl (C=O) groups is 1. The second-order valence-corrected chi connectivity index (χ2v) is 5.93. The molecule has 1 aromatic heterocycles. The molecule has 0 saturated carbocycles. The van der Waals surface area contributed by atoms with Crippen LogP contribution >= 0.6 is 11.6 Å². The number of esters is 1. The van der Waals surface area contributed by atoms with Crippen LogP contribution in [0.2, 0.25) is 5.02 Å². The van der Waals surface area contributed by atoms with Gasteiger partial charge >= 0.3 is 5.97 Å². The van der Waals surface area contributed by atoms with E-state index in [1.54, 1.807) is 18.2 Å². The van der Waals surface area contributed by atoms with E-state index in [0.29, 0.717) is 10.6 Å². The van der Waals surface area contributed by atoms with Crippen LogP contribution in [0.15, 0.2) is 65.1 Å². The number of benzene rings is 3. The van der Waals surface area contributed by atoms with E-state index in [1.807, 2.05) is 42.5 Å². The summed E-state index contributed by atoms with van der Waals surface area (Å²) >= 11 is 6.12. The molecule has 0 saturated heterocycles. The molecule has 0 radical (unpaired) electrons. The molecular formula is C20H13ClO3. The standard InChI is InChI=1S/C20H13ClO3/c1-23-20(22)16-9-7-13(21)11-17(16)12-6-8-15-14-4-2-3-5-18(14)24-19(15)10-12/h2-11H,1H3. The highest BCUT2D eigenvalue weighted by molar-refractivity contribution is 6.31. The van der Waals surface area contributed by atoms with Crippen LogP contribution in [-0.4, -0.2) is 13.1 Å². The largest absolute Gasteiger partial charge is 0.465 e. The lowest BCUT2D eigenvalue weighted by Gasteiger charge is -2.09. The van der Waals surface area contributed by atoms with Crippen molar-refractivity contribution >= 4 is 39.5 Å². The molecule has 24 heavy (non-hydrogen) atoms. The Bertz CT molecular complexity index is 1080. The highest BCUT2D eigenvalue weighted by atomic mass is 35.5. The van der Waals surface area contributed by atoms with E-state index in [1.165, 1.54) is 7.11 Å². The summed E-state index contributed by atoms with van der Waals surface area (Å²) in [4.78, 5) is 12.0. The number of fused-ring (bicyclic) bond motifs is 3. The van der Waals surface area contributed by atoms with Crippen molar-refractivity contribution in [3.05, 3.63) is 71.2 Å². The Kier molecular flexibility index (Phi) is 3.51. The molecule has 4 aromatic rings. The van der Waals surface area contributed by atoms with Gasteiger partial charge in [-0.2, -0.15) is 0 Å². The minimum Gasteiger partial charge on any atom is -0.465 e. The molecule has 1 heterocycles. The van der Waals surface area contributed by atoms with Crippen molar-refractivity contribution in [1.29, 1.82) is 0 Å². The van der Waals surface area contributed by atoms with Gasteiger partial charge in [-0.1, -0.05) is 35.9 Å². The number of carbonyl (C=O) groups excluding carboxylic acids is 1. The minimum atomic E-state index is -0.397. The number of rotatable bonds is 2. The van der Waals surface area contributed by atoms with E-state index in [-0.39, 0.29) is 0 Å². The number of ether oxygens (including phenoxy) is 1. The molecule has 0 fully saturated rings. The average molecular weight is 337 g/mol. The first-order chi connectivity index (χ1) is 11.7. The second-order valence-electron chi connectivity index (χ2n) is 5.49. The molecule has 0 spiro atoms. The van der Waals surface area contributed by atoms with Crippen LogP contribution in [0.1, 0.15) is 10.4 Å². The van der Waals surface area contributed by atoms with Gasteiger partial charge in [0.2, 0.25) is 0 Å². The molecule has 0 amide bonds. The van der Waals surface area contributed by atoms with Crippen molar-refractivity contribution in [2.75, 3.05) is 7.11 Å². The van der Waals surface area contributed by atoms with Crippen molar-refractivity contribution in [1.82, 2.24) is 0 Å². The van der Waals surface area contributed by atoms with Crippen LogP contribution in [0, 0.1) is 0 Å². The predicted octanol–water partition coefficient (Wildman–Crippen LogP) is 5.69. The summed E-state index contributed by atoms with van der Waals surface area (Å²) < 4.78 is 10.8. The molecule has 3 aromatic carbocycles. The minimum absolute atomic E-state index is 0.397. The summed E-state index contributed by atoms with van der Waals surface area (Å²) in [6.45, 7) is 0. The molecular weight excluding hydrogens is 324 g/mol. The summed E-state index contributed by atoms with van der Waals surface area (Å²) in [6.07, 6.45) is 0. The van der Waals surface area contributed by atoms with Crippen LogP contribution in [0.4, 0.5) is 0 Å². The lowest BCUT2D eigenvalue weighted by Crippen LogP contribution is -2.03. The normalized spacial score (nSPS) is 11.1. The number of para-hydroxylation sites is 1. The van der Waals surface area contributed by atoms with Gasteiger partial charge in [-0.3, -0.25) is 0 Å². The Labute approximate surface area is 143 Å². The first-order valence-corrected chi connectivity index (χ1v) is 7.85. The van der Waals surface area contributed by atoms with Crippen molar-refractivity contribution in [3.8, 4) is 11.1 Å². The molecule has 4 rings (SSSR count). The van der Waals surface area contributed by atoms with Crippen LogP contribution in [0.5, 0.6) is 0 Å². The van der Waals surface area contributed by atoms with E-state index >= 15 is 0 Å². The predicted molar refractivity (Wildman–Crippen MR) is 95.5 cm³/mol. The molecule has 0 bridgehead atoms. The molecule has 3 nitrogen and oxygen atoms in total. The van der Waals surface area contributed by atoms with E-state index < -0.39 is 5.97 Å². The van der Waals surface area contributed by atoms with Gasteiger partial charge in [-0.05, 0) is 47.5 Å². The molecule has 0 atom stereocenters. The Morgan fingerprint density at radius 1 is 0.958 bits per heavy atom. The highest BCUT2D eigenvalue weighted by Gasteiger charge is 2.15. The number of methoxy groups -OCH3 is 1. The molecule has 0 aliphatic heterocycles. The summed E-state index contributed by atoms with van der Waals surface area (Å²) in [6, 6.07) is 18.9.